The van der Waals surface area contributed by atoms with Crippen LogP contribution in [0.3, 0.4) is 0 Å². The Morgan fingerprint density at radius 1 is 0.525 bits per heavy atom. The van der Waals surface area contributed by atoms with E-state index in [9.17, 15) is 19.2 Å². The van der Waals surface area contributed by atoms with Crippen molar-refractivity contribution in [2.24, 2.45) is 0 Å². The molecule has 0 atom stereocenters. The van der Waals surface area contributed by atoms with E-state index in [0.29, 0.717) is 22.5 Å². The number of carbonyl (C=O) groups is 4. The van der Waals surface area contributed by atoms with Gasteiger partial charge in [-0.1, -0.05) is 41.9 Å². The minimum absolute atomic E-state index is 0.0510. The molecule has 0 aromatic heterocycles. The van der Waals surface area contributed by atoms with Crippen LogP contribution in [0.2, 0.25) is 0 Å². The summed E-state index contributed by atoms with van der Waals surface area (Å²) in [5, 5.41) is 22.9. The van der Waals surface area contributed by atoms with Gasteiger partial charge in [0.05, 0.1) is 0 Å². The topological polar surface area (TPSA) is 133 Å². The summed E-state index contributed by atoms with van der Waals surface area (Å²) in [5.41, 5.74) is 4.12. The van der Waals surface area contributed by atoms with Gasteiger partial charge >= 0.3 is 11.9 Å². The van der Waals surface area contributed by atoms with E-state index in [1.165, 1.54) is 0 Å². The zero-order valence-electron chi connectivity index (χ0n) is 21.7. The van der Waals surface area contributed by atoms with Crippen LogP contribution >= 0.6 is 0 Å². The van der Waals surface area contributed by atoms with Crippen molar-refractivity contribution < 1.29 is 29.4 Å². The maximum absolute atomic E-state index is 12.0. The standard InChI is InChI=1S/C32H28N2O6/c35-29(12-4-14-31(37)38)33-27-10-2-8-25(21-27)18-16-23-6-1-7-24(20-23)17-19-26-9-3-11-28(22-26)34-30(36)13-5-15-32(39)40/h1-3,6-11,20-22H,4-5,12-15H2,(H,33,35)(H,34,36)(H,37,38)(H,39,40). The fraction of sp³-hybridized carbons (Fsp3) is 0.188. The van der Waals surface area contributed by atoms with Gasteiger partial charge in [0.15, 0.2) is 0 Å². The highest BCUT2D eigenvalue weighted by molar-refractivity contribution is 5.91. The molecule has 0 saturated heterocycles. The van der Waals surface area contributed by atoms with Gasteiger partial charge in [-0.15, -0.1) is 0 Å². The molecule has 202 valence electrons. The molecule has 0 saturated carbocycles. The lowest BCUT2D eigenvalue weighted by atomic mass is 10.1. The van der Waals surface area contributed by atoms with Crippen molar-refractivity contribution in [3.63, 3.8) is 0 Å². The minimum Gasteiger partial charge on any atom is -0.481 e. The van der Waals surface area contributed by atoms with Crippen LogP contribution in [-0.4, -0.2) is 34.0 Å². The second-order valence-corrected chi connectivity index (χ2v) is 8.83. The van der Waals surface area contributed by atoms with Gasteiger partial charge in [-0.3, -0.25) is 19.2 Å². The Bertz CT molecular complexity index is 1410. The van der Waals surface area contributed by atoms with Crippen LogP contribution in [0.4, 0.5) is 11.4 Å². The lowest BCUT2D eigenvalue weighted by Gasteiger charge is -2.05. The van der Waals surface area contributed by atoms with E-state index in [2.05, 4.69) is 34.3 Å². The summed E-state index contributed by atoms with van der Waals surface area (Å²) < 4.78 is 0. The summed E-state index contributed by atoms with van der Waals surface area (Å²) in [5.74, 6) is 10.0. The monoisotopic (exact) mass is 536 g/mol. The summed E-state index contributed by atoms with van der Waals surface area (Å²) in [6.07, 6.45) is 0.707. The number of hydrogen-bond donors (Lipinski definition) is 4. The zero-order valence-corrected chi connectivity index (χ0v) is 21.7. The van der Waals surface area contributed by atoms with Crippen LogP contribution in [0, 0.1) is 23.7 Å². The molecule has 0 spiro atoms. The predicted molar refractivity (Wildman–Crippen MR) is 152 cm³/mol. The summed E-state index contributed by atoms with van der Waals surface area (Å²) in [6.45, 7) is 0. The molecule has 8 nitrogen and oxygen atoms in total. The molecule has 0 radical (unpaired) electrons. The predicted octanol–water partition coefficient (Wildman–Crippen LogP) is 4.87. The number of carboxylic acids is 2. The van der Waals surface area contributed by atoms with Crippen molar-refractivity contribution in [2.75, 3.05) is 10.6 Å². The van der Waals surface area contributed by atoms with Crippen molar-refractivity contribution in [1.82, 2.24) is 0 Å². The van der Waals surface area contributed by atoms with Crippen molar-refractivity contribution in [3.8, 4) is 23.7 Å². The molecule has 0 aliphatic carbocycles. The van der Waals surface area contributed by atoms with Crippen molar-refractivity contribution >= 4 is 35.1 Å². The maximum atomic E-state index is 12.0. The molecular formula is C32H28N2O6. The Morgan fingerprint density at radius 3 is 1.25 bits per heavy atom. The Balaban J connectivity index is 1.62. The molecule has 3 aromatic rings. The van der Waals surface area contributed by atoms with E-state index in [-0.39, 0.29) is 50.3 Å². The van der Waals surface area contributed by atoms with Crippen LogP contribution in [0.1, 0.15) is 60.8 Å². The Morgan fingerprint density at radius 2 is 0.875 bits per heavy atom. The van der Waals surface area contributed by atoms with E-state index in [0.717, 1.165) is 11.1 Å². The minimum atomic E-state index is -0.928. The van der Waals surface area contributed by atoms with E-state index in [1.807, 2.05) is 36.4 Å². The molecule has 8 heteroatoms. The van der Waals surface area contributed by atoms with Gasteiger partial charge in [0, 0.05) is 59.3 Å². The smallest absolute Gasteiger partial charge is 0.303 e. The molecule has 0 fully saturated rings. The molecule has 4 N–H and O–H groups in total. The first-order valence-corrected chi connectivity index (χ1v) is 12.6. The van der Waals surface area contributed by atoms with E-state index >= 15 is 0 Å². The molecule has 3 aromatic carbocycles. The van der Waals surface area contributed by atoms with Crippen molar-refractivity contribution in [3.05, 3.63) is 95.1 Å². The molecule has 0 unspecified atom stereocenters. The molecule has 0 aliphatic rings. The van der Waals surface area contributed by atoms with Gasteiger partial charge in [0.2, 0.25) is 11.8 Å². The molecule has 0 aliphatic heterocycles. The van der Waals surface area contributed by atoms with Gasteiger partial charge in [0.25, 0.3) is 0 Å². The second-order valence-electron chi connectivity index (χ2n) is 8.83. The van der Waals surface area contributed by atoms with Crippen LogP contribution in [0.15, 0.2) is 72.8 Å². The Hall–Kier alpha value is -5.34. The van der Waals surface area contributed by atoms with Gasteiger partial charge in [-0.25, -0.2) is 0 Å². The fourth-order valence-electron chi connectivity index (χ4n) is 3.56. The van der Waals surface area contributed by atoms with E-state index < -0.39 is 11.9 Å². The maximum Gasteiger partial charge on any atom is 0.303 e. The number of benzene rings is 3. The van der Waals surface area contributed by atoms with Crippen molar-refractivity contribution in [1.29, 1.82) is 0 Å². The number of hydrogen-bond acceptors (Lipinski definition) is 4. The Labute approximate surface area is 232 Å². The first-order valence-electron chi connectivity index (χ1n) is 12.6. The summed E-state index contributed by atoms with van der Waals surface area (Å²) in [7, 11) is 0. The van der Waals surface area contributed by atoms with Gasteiger partial charge in [0.1, 0.15) is 0 Å². The molecular weight excluding hydrogens is 508 g/mol. The molecule has 0 heterocycles. The average molecular weight is 537 g/mol. The largest absolute Gasteiger partial charge is 0.481 e. The van der Waals surface area contributed by atoms with Crippen LogP contribution in [-0.2, 0) is 19.2 Å². The summed E-state index contributed by atoms with van der Waals surface area (Å²) in [6, 6.07) is 21.7. The van der Waals surface area contributed by atoms with Crippen LogP contribution in [0.25, 0.3) is 0 Å². The zero-order chi connectivity index (χ0) is 28.7. The number of aliphatic carboxylic acids is 2. The third-order valence-electron chi connectivity index (χ3n) is 5.45. The fourth-order valence-corrected chi connectivity index (χ4v) is 3.56. The van der Waals surface area contributed by atoms with Gasteiger partial charge < -0.3 is 20.8 Å². The molecule has 3 rings (SSSR count). The molecule has 40 heavy (non-hydrogen) atoms. The number of nitrogens with one attached hydrogen (secondary N) is 2. The van der Waals surface area contributed by atoms with Crippen LogP contribution in [0.5, 0.6) is 0 Å². The lowest BCUT2D eigenvalue weighted by molar-refractivity contribution is -0.138. The number of carbonyl (C=O) groups excluding carboxylic acids is 2. The lowest BCUT2D eigenvalue weighted by Crippen LogP contribution is -2.11. The average Bonchev–Trinajstić information content (AvgIpc) is 2.91. The molecule has 2 amide bonds. The highest BCUT2D eigenvalue weighted by Crippen LogP contribution is 2.13. The van der Waals surface area contributed by atoms with Crippen LogP contribution < -0.4 is 10.6 Å². The third kappa shape index (κ3) is 11.0. The second kappa shape index (κ2) is 15.2. The number of anilines is 2. The first-order chi connectivity index (χ1) is 19.3. The summed E-state index contributed by atoms with van der Waals surface area (Å²) >= 11 is 0. The van der Waals surface area contributed by atoms with E-state index in [1.54, 1.807) is 36.4 Å². The summed E-state index contributed by atoms with van der Waals surface area (Å²) in [4.78, 5) is 45.2. The first kappa shape index (κ1) is 29.2. The number of amides is 2. The number of rotatable bonds is 10. The highest BCUT2D eigenvalue weighted by Gasteiger charge is 2.06. The Kier molecular flexibility index (Phi) is 11.1. The van der Waals surface area contributed by atoms with Gasteiger partial charge in [-0.05, 0) is 67.4 Å². The quantitative estimate of drug-likeness (QED) is 0.273. The third-order valence-corrected chi connectivity index (χ3v) is 5.45. The SMILES string of the molecule is O=C(O)CCCC(=O)Nc1cccc(C#Cc2cccc(C#Cc3cccc(NC(=O)CCCC(=O)O)c3)c2)c1. The normalized spacial score (nSPS) is 9.80. The van der Waals surface area contributed by atoms with E-state index in [4.69, 9.17) is 10.2 Å². The molecule has 0 bridgehead atoms. The van der Waals surface area contributed by atoms with Crippen molar-refractivity contribution in [2.45, 2.75) is 38.5 Å². The number of carboxylic acid groups (broad SMARTS) is 2. The van der Waals surface area contributed by atoms with Gasteiger partial charge in [-0.2, -0.15) is 0 Å². The highest BCUT2D eigenvalue weighted by atomic mass is 16.4.